The normalized spacial score (nSPS) is 19.8. The van der Waals surface area contributed by atoms with Gasteiger partial charge in [0.15, 0.2) is 18.2 Å². The van der Waals surface area contributed by atoms with Crippen molar-refractivity contribution in [2.45, 2.75) is 25.4 Å². The summed E-state index contributed by atoms with van der Waals surface area (Å²) in [4.78, 5) is 13.5. The molecule has 2 aromatic carbocycles. The molecule has 1 aliphatic rings. The molecule has 0 bridgehead atoms. The topological polar surface area (TPSA) is 42.8 Å². The number of piperidine rings is 1. The fraction of sp³-hybridized carbons (Fsp3) is 0.350. The molecule has 1 aliphatic heterocycles. The summed E-state index contributed by atoms with van der Waals surface area (Å²) in [5.41, 5.74) is 1.27. The predicted octanol–water partition coefficient (Wildman–Crippen LogP) is 2.22. The number of benzene rings is 2. The highest BCUT2D eigenvalue weighted by molar-refractivity contribution is 6.30. The summed E-state index contributed by atoms with van der Waals surface area (Å²) in [6, 6.07) is 14.2. The minimum atomic E-state index is -0.459. The minimum absolute atomic E-state index is 0.102. The van der Waals surface area contributed by atoms with Crippen LogP contribution in [0.3, 0.4) is 0 Å². The largest absolute Gasteiger partial charge is 0.481 e. The van der Waals surface area contributed by atoms with Crippen molar-refractivity contribution >= 4 is 17.5 Å². The van der Waals surface area contributed by atoms with Gasteiger partial charge in [0.2, 0.25) is 0 Å². The van der Waals surface area contributed by atoms with Crippen molar-refractivity contribution < 1.29 is 18.8 Å². The highest BCUT2D eigenvalue weighted by Gasteiger charge is 2.23. The molecular weight excluding hydrogens is 355 g/mol. The maximum atomic E-state index is 13.5. The van der Waals surface area contributed by atoms with Crippen molar-refractivity contribution in [3.05, 3.63) is 64.9 Å². The Bertz CT molecular complexity index is 731. The third-order valence-electron chi connectivity index (χ3n) is 4.62. The number of para-hydroxylation sites is 1. The van der Waals surface area contributed by atoms with E-state index >= 15 is 0 Å². The smallest absolute Gasteiger partial charge is 0.258 e. The van der Waals surface area contributed by atoms with E-state index in [1.54, 1.807) is 12.1 Å². The molecule has 26 heavy (non-hydrogen) atoms. The average Bonchev–Trinajstić information content (AvgIpc) is 2.64. The van der Waals surface area contributed by atoms with Gasteiger partial charge >= 0.3 is 0 Å². The molecule has 0 saturated carbocycles. The van der Waals surface area contributed by atoms with E-state index in [1.807, 2.05) is 12.1 Å². The van der Waals surface area contributed by atoms with Crippen molar-refractivity contribution in [3.8, 4) is 5.75 Å². The first-order valence-electron chi connectivity index (χ1n) is 8.85. The molecule has 0 aliphatic carbocycles. The van der Waals surface area contributed by atoms with Gasteiger partial charge in [-0.25, -0.2) is 4.39 Å². The molecule has 2 N–H and O–H groups in total. The average molecular weight is 378 g/mol. The minimum Gasteiger partial charge on any atom is -0.481 e. The Morgan fingerprint density at radius 2 is 1.85 bits per heavy atom. The molecule has 3 rings (SSSR count). The first-order chi connectivity index (χ1) is 12.6. The van der Waals surface area contributed by atoms with E-state index in [0.717, 1.165) is 37.5 Å². The highest BCUT2D eigenvalue weighted by atomic mass is 35.5. The van der Waals surface area contributed by atoms with E-state index in [9.17, 15) is 9.18 Å². The molecule has 4 nitrogen and oxygen atoms in total. The Kier molecular flexibility index (Phi) is 6.47. The maximum Gasteiger partial charge on any atom is 0.258 e. The number of halogens is 2. The van der Waals surface area contributed by atoms with Crippen molar-refractivity contribution in [2.24, 2.45) is 0 Å². The summed E-state index contributed by atoms with van der Waals surface area (Å²) in [5, 5.41) is 3.74. The highest BCUT2D eigenvalue weighted by Crippen LogP contribution is 2.15. The van der Waals surface area contributed by atoms with Crippen molar-refractivity contribution in [1.82, 2.24) is 5.32 Å². The standard InChI is InChI=1S/C20H22ClFN2O2/c21-16-7-5-15(6-8-16)13-24-11-9-17(10-12-24)23-20(25)14-26-19-4-2-1-3-18(19)22/h1-8,17H,9-14H2,(H,23,25)/p+1. The zero-order chi connectivity index (χ0) is 18.4. The predicted molar refractivity (Wildman–Crippen MR) is 98.9 cm³/mol. The van der Waals surface area contributed by atoms with E-state index in [0.29, 0.717) is 0 Å². The molecule has 2 aromatic rings. The third kappa shape index (κ3) is 5.44. The molecule has 0 atom stereocenters. The zero-order valence-corrected chi connectivity index (χ0v) is 15.3. The monoisotopic (exact) mass is 377 g/mol. The quantitative estimate of drug-likeness (QED) is 0.810. The number of hydrogen-bond acceptors (Lipinski definition) is 2. The lowest BCUT2D eigenvalue weighted by Crippen LogP contribution is -3.12. The van der Waals surface area contributed by atoms with E-state index < -0.39 is 5.82 Å². The van der Waals surface area contributed by atoms with Crippen LogP contribution in [0.5, 0.6) is 5.75 Å². The van der Waals surface area contributed by atoms with Crippen molar-refractivity contribution in [2.75, 3.05) is 19.7 Å². The fourth-order valence-corrected chi connectivity index (χ4v) is 3.34. The van der Waals surface area contributed by atoms with Crippen LogP contribution in [0.15, 0.2) is 48.5 Å². The fourth-order valence-electron chi connectivity index (χ4n) is 3.21. The first-order valence-corrected chi connectivity index (χ1v) is 9.22. The van der Waals surface area contributed by atoms with Crippen LogP contribution in [0.1, 0.15) is 18.4 Å². The molecule has 1 saturated heterocycles. The number of likely N-dealkylation sites (tertiary alicyclic amines) is 1. The zero-order valence-electron chi connectivity index (χ0n) is 14.5. The second kappa shape index (κ2) is 9.01. The van der Waals surface area contributed by atoms with Gasteiger partial charge in [0.05, 0.1) is 13.1 Å². The Morgan fingerprint density at radius 1 is 1.15 bits per heavy atom. The van der Waals surface area contributed by atoms with Gasteiger partial charge in [0.25, 0.3) is 5.91 Å². The number of amides is 1. The number of ether oxygens (including phenoxy) is 1. The number of quaternary nitrogens is 1. The number of carbonyl (C=O) groups excluding carboxylic acids is 1. The maximum absolute atomic E-state index is 13.5. The van der Waals surface area contributed by atoms with Crippen LogP contribution in [-0.4, -0.2) is 31.6 Å². The lowest BCUT2D eigenvalue weighted by molar-refractivity contribution is -0.918. The Balaban J connectivity index is 1.38. The summed E-state index contributed by atoms with van der Waals surface area (Å²) in [5.74, 6) is -0.566. The van der Waals surface area contributed by atoms with Crippen LogP contribution in [0, 0.1) is 5.82 Å². The Hall–Kier alpha value is -2.11. The summed E-state index contributed by atoms with van der Waals surface area (Å²) < 4.78 is 18.7. The van der Waals surface area contributed by atoms with Crippen LogP contribution in [0.25, 0.3) is 0 Å². The lowest BCUT2D eigenvalue weighted by Gasteiger charge is -2.29. The van der Waals surface area contributed by atoms with Crippen molar-refractivity contribution in [1.29, 1.82) is 0 Å². The van der Waals surface area contributed by atoms with Crippen LogP contribution >= 0.6 is 11.6 Å². The Labute approximate surface area is 157 Å². The van der Waals surface area contributed by atoms with E-state index in [-0.39, 0.29) is 24.3 Å². The van der Waals surface area contributed by atoms with Crippen molar-refractivity contribution in [3.63, 3.8) is 0 Å². The number of carbonyl (C=O) groups is 1. The molecule has 1 fully saturated rings. The molecule has 138 valence electrons. The third-order valence-corrected chi connectivity index (χ3v) is 4.87. The van der Waals surface area contributed by atoms with Gasteiger partial charge in [-0.05, 0) is 24.3 Å². The van der Waals surface area contributed by atoms with Crippen LogP contribution in [0.4, 0.5) is 4.39 Å². The SMILES string of the molecule is O=C(COc1ccccc1F)NC1CC[NH+](Cc2ccc(Cl)cc2)CC1. The summed E-state index contributed by atoms with van der Waals surface area (Å²) in [7, 11) is 0. The first kappa shape index (κ1) is 18.7. The van der Waals surface area contributed by atoms with E-state index in [4.69, 9.17) is 16.3 Å². The van der Waals surface area contributed by atoms with Crippen LogP contribution in [0.2, 0.25) is 5.02 Å². The van der Waals surface area contributed by atoms with Gasteiger partial charge in [0, 0.05) is 29.5 Å². The summed E-state index contributed by atoms with van der Waals surface area (Å²) in [6.07, 6.45) is 1.85. The number of hydrogen-bond donors (Lipinski definition) is 2. The molecule has 0 aromatic heterocycles. The summed E-state index contributed by atoms with van der Waals surface area (Å²) in [6.45, 7) is 2.80. The molecule has 6 heteroatoms. The van der Waals surface area contributed by atoms with Gasteiger partial charge in [-0.15, -0.1) is 0 Å². The number of nitrogens with one attached hydrogen (secondary N) is 2. The molecule has 0 radical (unpaired) electrons. The molecule has 1 heterocycles. The molecule has 1 amide bonds. The summed E-state index contributed by atoms with van der Waals surface area (Å²) >= 11 is 5.92. The van der Waals surface area contributed by atoms with E-state index in [2.05, 4.69) is 17.4 Å². The van der Waals surface area contributed by atoms with E-state index in [1.165, 1.54) is 22.6 Å². The molecule has 0 unspecified atom stereocenters. The van der Waals surface area contributed by atoms with Crippen LogP contribution < -0.4 is 15.0 Å². The van der Waals surface area contributed by atoms with Gasteiger partial charge in [-0.2, -0.15) is 0 Å². The van der Waals surface area contributed by atoms with Gasteiger partial charge in [-0.3, -0.25) is 4.79 Å². The Morgan fingerprint density at radius 3 is 2.54 bits per heavy atom. The lowest BCUT2D eigenvalue weighted by atomic mass is 10.0. The van der Waals surface area contributed by atoms with Gasteiger partial charge in [0.1, 0.15) is 6.54 Å². The molecule has 0 spiro atoms. The number of rotatable bonds is 6. The second-order valence-electron chi connectivity index (χ2n) is 6.61. The molecular formula is C20H23ClFN2O2+. The van der Waals surface area contributed by atoms with Gasteiger partial charge < -0.3 is 15.0 Å². The van der Waals surface area contributed by atoms with Crippen LogP contribution in [-0.2, 0) is 11.3 Å². The second-order valence-corrected chi connectivity index (χ2v) is 7.05. The van der Waals surface area contributed by atoms with Gasteiger partial charge in [-0.1, -0.05) is 35.9 Å².